The minimum Gasteiger partial charge on any atom is -0.456 e. The minimum atomic E-state index is -0.292. The van der Waals surface area contributed by atoms with Crippen molar-refractivity contribution in [1.82, 2.24) is 4.57 Å². The number of ether oxygens (including phenoxy) is 1. The quantitative estimate of drug-likeness (QED) is 0.427. The van der Waals surface area contributed by atoms with Crippen LogP contribution in [-0.4, -0.2) is 11.6 Å². The molecule has 7 heteroatoms. The standard InChI is InChI=1S/C24H26FN3O2S/c1-6-9-31-27-19-7-8-22(30-23-15(2)10-18(25)11-16(23)3)20(13-19)17-12-21(26-4)24(29)28(5)14-17/h6-14,26-27H,1-5H3/b9-6+. The highest BCUT2D eigenvalue weighted by Crippen LogP contribution is 2.38. The summed E-state index contributed by atoms with van der Waals surface area (Å²) in [6.07, 6.45) is 3.72. The summed E-state index contributed by atoms with van der Waals surface area (Å²) >= 11 is 1.46. The van der Waals surface area contributed by atoms with Crippen LogP contribution in [0.25, 0.3) is 11.1 Å². The zero-order valence-corrected chi connectivity index (χ0v) is 19.1. The SMILES string of the molecule is C/C=C/SNc1ccc(Oc2c(C)cc(F)cc2C)c(-c2cc(NC)c(=O)n(C)c2)c1. The predicted molar refractivity (Wildman–Crippen MR) is 129 cm³/mol. The molecule has 0 radical (unpaired) electrons. The fourth-order valence-electron chi connectivity index (χ4n) is 3.28. The first kappa shape index (κ1) is 22.5. The first-order valence-corrected chi connectivity index (χ1v) is 10.7. The van der Waals surface area contributed by atoms with Gasteiger partial charge in [-0.25, -0.2) is 4.39 Å². The molecule has 0 bridgehead atoms. The van der Waals surface area contributed by atoms with Crippen LogP contribution in [0.5, 0.6) is 11.5 Å². The van der Waals surface area contributed by atoms with Crippen LogP contribution in [0.1, 0.15) is 18.1 Å². The van der Waals surface area contributed by atoms with E-state index in [1.165, 1.54) is 28.6 Å². The highest BCUT2D eigenvalue weighted by molar-refractivity contribution is 8.03. The number of nitrogens with zero attached hydrogens (tertiary/aromatic N) is 1. The maximum absolute atomic E-state index is 13.7. The van der Waals surface area contributed by atoms with Crippen LogP contribution in [0.2, 0.25) is 0 Å². The summed E-state index contributed by atoms with van der Waals surface area (Å²) in [5, 5.41) is 4.90. The maximum atomic E-state index is 13.7. The van der Waals surface area contributed by atoms with Gasteiger partial charge in [-0.1, -0.05) is 6.08 Å². The van der Waals surface area contributed by atoms with E-state index in [-0.39, 0.29) is 11.4 Å². The van der Waals surface area contributed by atoms with Crippen LogP contribution in [-0.2, 0) is 7.05 Å². The number of aromatic nitrogens is 1. The Labute approximate surface area is 186 Å². The van der Waals surface area contributed by atoms with Crippen molar-refractivity contribution in [2.45, 2.75) is 20.8 Å². The molecule has 0 amide bonds. The number of hydrogen-bond acceptors (Lipinski definition) is 5. The predicted octanol–water partition coefficient (Wildman–Crippen LogP) is 6.24. The Morgan fingerprint density at radius 1 is 1.13 bits per heavy atom. The number of benzene rings is 2. The Hall–Kier alpha value is -3.19. The molecule has 1 heterocycles. The summed E-state index contributed by atoms with van der Waals surface area (Å²) in [5.74, 6) is 0.935. The van der Waals surface area contributed by atoms with Gasteiger partial charge in [-0.3, -0.25) is 4.79 Å². The lowest BCUT2D eigenvalue weighted by molar-refractivity contribution is 0.474. The molecule has 31 heavy (non-hydrogen) atoms. The highest BCUT2D eigenvalue weighted by Gasteiger charge is 2.15. The van der Waals surface area contributed by atoms with Gasteiger partial charge in [0.2, 0.25) is 0 Å². The summed E-state index contributed by atoms with van der Waals surface area (Å²) in [6.45, 7) is 5.59. The van der Waals surface area contributed by atoms with Crippen LogP contribution in [0.15, 0.2) is 58.9 Å². The minimum absolute atomic E-state index is 0.114. The van der Waals surface area contributed by atoms with E-state index in [0.29, 0.717) is 28.3 Å². The van der Waals surface area contributed by atoms with E-state index in [1.807, 2.05) is 50.5 Å². The number of allylic oxidation sites excluding steroid dienone is 1. The first-order chi connectivity index (χ1) is 14.8. The third-order valence-corrected chi connectivity index (χ3v) is 5.52. The van der Waals surface area contributed by atoms with E-state index in [1.54, 1.807) is 26.4 Å². The Morgan fingerprint density at radius 3 is 2.48 bits per heavy atom. The molecule has 0 aliphatic rings. The summed E-state index contributed by atoms with van der Waals surface area (Å²) in [5.41, 5.74) is 4.31. The lowest BCUT2D eigenvalue weighted by Gasteiger charge is -2.17. The number of anilines is 2. The van der Waals surface area contributed by atoms with Crippen LogP contribution in [0, 0.1) is 19.7 Å². The smallest absolute Gasteiger partial charge is 0.273 e. The van der Waals surface area contributed by atoms with Gasteiger partial charge in [0, 0.05) is 37.1 Å². The molecule has 0 saturated carbocycles. The van der Waals surface area contributed by atoms with Crippen molar-refractivity contribution in [3.05, 3.63) is 81.4 Å². The summed E-state index contributed by atoms with van der Waals surface area (Å²) < 4.78 is 24.8. The lowest BCUT2D eigenvalue weighted by atomic mass is 10.0. The second-order valence-corrected chi connectivity index (χ2v) is 7.89. The molecular weight excluding hydrogens is 413 g/mol. The molecule has 0 unspecified atom stereocenters. The second kappa shape index (κ2) is 9.75. The Bertz CT molecular complexity index is 1160. The lowest BCUT2D eigenvalue weighted by Crippen LogP contribution is -2.19. The first-order valence-electron chi connectivity index (χ1n) is 9.84. The van der Waals surface area contributed by atoms with Gasteiger partial charge < -0.3 is 19.3 Å². The Morgan fingerprint density at radius 2 is 1.84 bits per heavy atom. The molecule has 0 aliphatic carbocycles. The third-order valence-electron chi connectivity index (χ3n) is 4.76. The molecule has 0 saturated heterocycles. The van der Waals surface area contributed by atoms with E-state index >= 15 is 0 Å². The molecule has 3 aromatic rings. The molecule has 0 aliphatic heterocycles. The van der Waals surface area contributed by atoms with Gasteiger partial charge in [0.05, 0.1) is 0 Å². The molecule has 2 N–H and O–H groups in total. The number of nitrogens with one attached hydrogen (secondary N) is 2. The maximum Gasteiger partial charge on any atom is 0.273 e. The summed E-state index contributed by atoms with van der Waals surface area (Å²) in [7, 11) is 3.43. The molecule has 3 rings (SSSR count). The van der Waals surface area contributed by atoms with Crippen LogP contribution >= 0.6 is 11.9 Å². The average Bonchev–Trinajstić information content (AvgIpc) is 2.73. The van der Waals surface area contributed by atoms with E-state index in [9.17, 15) is 9.18 Å². The normalized spacial score (nSPS) is 11.0. The van der Waals surface area contributed by atoms with Crippen molar-refractivity contribution >= 4 is 23.3 Å². The topological polar surface area (TPSA) is 55.3 Å². The van der Waals surface area contributed by atoms with Crippen molar-refractivity contribution < 1.29 is 9.13 Å². The number of rotatable bonds is 7. The van der Waals surface area contributed by atoms with Crippen molar-refractivity contribution in [2.24, 2.45) is 7.05 Å². The fourth-order valence-corrected chi connectivity index (χ4v) is 3.75. The molecule has 0 spiro atoms. The molecular formula is C24H26FN3O2S. The molecule has 1 aromatic heterocycles. The molecule has 5 nitrogen and oxygen atoms in total. The van der Waals surface area contributed by atoms with E-state index in [2.05, 4.69) is 10.0 Å². The monoisotopic (exact) mass is 439 g/mol. The zero-order valence-electron chi connectivity index (χ0n) is 18.2. The second-order valence-electron chi connectivity index (χ2n) is 7.18. The summed E-state index contributed by atoms with van der Waals surface area (Å²) in [6, 6.07) is 10.5. The molecule has 162 valence electrons. The average molecular weight is 440 g/mol. The Balaban J connectivity index is 2.14. The largest absolute Gasteiger partial charge is 0.456 e. The number of hydrogen-bond donors (Lipinski definition) is 2. The fraction of sp³-hybridized carbons (Fsp3) is 0.208. The van der Waals surface area contributed by atoms with E-state index in [0.717, 1.165) is 16.8 Å². The van der Waals surface area contributed by atoms with Crippen molar-refractivity contribution in [2.75, 3.05) is 17.1 Å². The number of pyridine rings is 1. The summed E-state index contributed by atoms with van der Waals surface area (Å²) in [4.78, 5) is 12.3. The molecule has 2 aromatic carbocycles. The Kier molecular flexibility index (Phi) is 7.07. The molecule has 0 atom stereocenters. The van der Waals surface area contributed by atoms with Crippen LogP contribution in [0.3, 0.4) is 0 Å². The zero-order chi connectivity index (χ0) is 22.5. The van der Waals surface area contributed by atoms with E-state index < -0.39 is 0 Å². The van der Waals surface area contributed by atoms with Gasteiger partial charge >= 0.3 is 0 Å². The van der Waals surface area contributed by atoms with Crippen LogP contribution < -0.4 is 20.3 Å². The van der Waals surface area contributed by atoms with Crippen molar-refractivity contribution in [3.63, 3.8) is 0 Å². The number of halogens is 1. The van der Waals surface area contributed by atoms with E-state index in [4.69, 9.17) is 4.74 Å². The van der Waals surface area contributed by atoms with Crippen LogP contribution in [0.4, 0.5) is 15.8 Å². The van der Waals surface area contributed by atoms with Gasteiger partial charge in [0.1, 0.15) is 23.0 Å². The van der Waals surface area contributed by atoms with Gasteiger partial charge in [-0.15, -0.1) is 0 Å². The van der Waals surface area contributed by atoms with Gasteiger partial charge in [0.15, 0.2) is 0 Å². The highest BCUT2D eigenvalue weighted by atomic mass is 32.2. The third kappa shape index (κ3) is 5.11. The van der Waals surface area contributed by atoms with Crippen molar-refractivity contribution in [1.29, 1.82) is 0 Å². The number of aryl methyl sites for hydroxylation is 3. The van der Waals surface area contributed by atoms with Gasteiger partial charge in [-0.2, -0.15) is 0 Å². The molecule has 0 fully saturated rings. The van der Waals surface area contributed by atoms with Crippen molar-refractivity contribution in [3.8, 4) is 22.6 Å². The van der Waals surface area contributed by atoms with Gasteiger partial charge in [0.25, 0.3) is 5.56 Å². The van der Waals surface area contributed by atoms with Gasteiger partial charge in [-0.05, 0) is 85.7 Å².